The van der Waals surface area contributed by atoms with Crippen LogP contribution in [0.5, 0.6) is 11.5 Å². The van der Waals surface area contributed by atoms with Crippen molar-refractivity contribution in [2.24, 2.45) is 5.73 Å². The summed E-state index contributed by atoms with van der Waals surface area (Å²) in [6.07, 6.45) is 0.762. The van der Waals surface area contributed by atoms with Crippen LogP contribution >= 0.6 is 11.6 Å². The van der Waals surface area contributed by atoms with Crippen LogP contribution in [0, 0.1) is 0 Å². The summed E-state index contributed by atoms with van der Waals surface area (Å²) in [5.74, 6) is 1.06. The molecule has 1 aromatic carbocycles. The molecule has 0 saturated carbocycles. The van der Waals surface area contributed by atoms with Gasteiger partial charge in [-0.2, -0.15) is 0 Å². The molecular weight excluding hydrogens is 242 g/mol. The Labute approximate surface area is 106 Å². The number of ether oxygens (including phenoxy) is 2. The molecule has 1 rings (SSSR count). The summed E-state index contributed by atoms with van der Waals surface area (Å²) in [6, 6.07) is 1.35. The van der Waals surface area contributed by atoms with E-state index in [9.17, 15) is 0 Å². The first kappa shape index (κ1) is 14.1. The summed E-state index contributed by atoms with van der Waals surface area (Å²) >= 11 is 6.21. The molecule has 0 radical (unpaired) electrons. The van der Waals surface area contributed by atoms with E-state index < -0.39 is 6.04 Å². The minimum Gasteiger partial charge on any atom is -0.495 e. The fourth-order valence-electron chi connectivity index (χ4n) is 1.75. The largest absolute Gasteiger partial charge is 0.495 e. The van der Waals surface area contributed by atoms with Crippen LogP contribution in [-0.2, 0) is 6.42 Å². The highest BCUT2D eigenvalue weighted by Crippen LogP contribution is 2.41. The molecule has 1 atom stereocenters. The van der Waals surface area contributed by atoms with E-state index >= 15 is 0 Å². The van der Waals surface area contributed by atoms with Crippen molar-refractivity contribution >= 4 is 11.6 Å². The number of halogens is 1. The molecule has 0 saturated heterocycles. The third-order valence-electron chi connectivity index (χ3n) is 2.67. The zero-order chi connectivity index (χ0) is 13.0. The van der Waals surface area contributed by atoms with Gasteiger partial charge in [-0.3, -0.25) is 0 Å². The van der Waals surface area contributed by atoms with Crippen LogP contribution in [-0.4, -0.2) is 25.9 Å². The van der Waals surface area contributed by atoms with Crippen molar-refractivity contribution in [3.8, 4) is 11.5 Å². The van der Waals surface area contributed by atoms with Crippen LogP contribution in [0.1, 0.15) is 24.1 Å². The van der Waals surface area contributed by atoms with E-state index in [1.54, 1.807) is 7.11 Å². The Morgan fingerprint density at radius 2 is 1.94 bits per heavy atom. The van der Waals surface area contributed by atoms with Gasteiger partial charge in [-0.15, -0.1) is 0 Å². The van der Waals surface area contributed by atoms with Gasteiger partial charge in [0.05, 0.1) is 26.9 Å². The predicted molar refractivity (Wildman–Crippen MR) is 67.9 cm³/mol. The predicted octanol–water partition coefficient (Wildman–Crippen LogP) is 1.91. The highest BCUT2D eigenvalue weighted by molar-refractivity contribution is 6.33. The number of aliphatic hydroxyl groups is 1. The SMILES string of the molecule is CCc1cc(C(N)CO)c(OC)c(Cl)c1OC. The molecule has 17 heavy (non-hydrogen) atoms. The Bertz CT molecular complexity index is 396. The van der Waals surface area contributed by atoms with Gasteiger partial charge in [0, 0.05) is 5.56 Å². The number of hydrogen-bond acceptors (Lipinski definition) is 4. The summed E-state index contributed by atoms with van der Waals surface area (Å²) in [5, 5.41) is 9.53. The molecule has 3 N–H and O–H groups in total. The number of nitrogens with two attached hydrogens (primary N) is 1. The lowest BCUT2D eigenvalue weighted by Gasteiger charge is -2.19. The van der Waals surface area contributed by atoms with E-state index in [0.717, 1.165) is 12.0 Å². The monoisotopic (exact) mass is 259 g/mol. The van der Waals surface area contributed by atoms with Crippen LogP contribution in [0.15, 0.2) is 6.07 Å². The molecule has 4 nitrogen and oxygen atoms in total. The first-order valence-electron chi connectivity index (χ1n) is 5.40. The van der Waals surface area contributed by atoms with Gasteiger partial charge in [-0.1, -0.05) is 18.5 Å². The third-order valence-corrected chi connectivity index (χ3v) is 3.01. The molecular formula is C12H18ClNO3. The molecule has 0 heterocycles. The van der Waals surface area contributed by atoms with E-state index in [0.29, 0.717) is 22.1 Å². The normalized spacial score (nSPS) is 12.4. The van der Waals surface area contributed by atoms with Gasteiger partial charge in [0.2, 0.25) is 0 Å². The lowest BCUT2D eigenvalue weighted by molar-refractivity contribution is 0.264. The van der Waals surface area contributed by atoms with Crippen LogP contribution in [0.3, 0.4) is 0 Å². The molecule has 0 aliphatic carbocycles. The lowest BCUT2D eigenvalue weighted by Crippen LogP contribution is -2.16. The molecule has 5 heteroatoms. The molecule has 0 aromatic heterocycles. The molecule has 0 amide bonds. The highest BCUT2D eigenvalue weighted by Gasteiger charge is 2.20. The Morgan fingerprint density at radius 3 is 2.35 bits per heavy atom. The minimum atomic E-state index is -0.515. The average molecular weight is 260 g/mol. The van der Waals surface area contributed by atoms with E-state index in [2.05, 4.69) is 0 Å². The maximum absolute atomic E-state index is 9.13. The van der Waals surface area contributed by atoms with Crippen LogP contribution < -0.4 is 15.2 Å². The van der Waals surface area contributed by atoms with E-state index in [1.165, 1.54) is 7.11 Å². The highest BCUT2D eigenvalue weighted by atomic mass is 35.5. The summed E-state index contributed by atoms with van der Waals surface area (Å²) in [6.45, 7) is 1.83. The van der Waals surface area contributed by atoms with Gasteiger partial charge in [0.15, 0.2) is 0 Å². The second-order valence-corrected chi connectivity index (χ2v) is 4.03. The Morgan fingerprint density at radius 1 is 1.35 bits per heavy atom. The second-order valence-electron chi connectivity index (χ2n) is 3.65. The van der Waals surface area contributed by atoms with Crippen LogP contribution in [0.4, 0.5) is 0 Å². The number of aliphatic hydroxyl groups excluding tert-OH is 1. The van der Waals surface area contributed by atoms with Crippen molar-refractivity contribution < 1.29 is 14.6 Å². The lowest BCUT2D eigenvalue weighted by atomic mass is 10.0. The zero-order valence-corrected chi connectivity index (χ0v) is 11.0. The molecule has 0 aliphatic heterocycles. The summed E-state index contributed by atoms with van der Waals surface area (Å²) < 4.78 is 10.5. The average Bonchev–Trinajstić information content (AvgIpc) is 2.36. The van der Waals surface area contributed by atoms with Crippen molar-refractivity contribution in [1.82, 2.24) is 0 Å². The van der Waals surface area contributed by atoms with Gasteiger partial charge < -0.3 is 20.3 Å². The van der Waals surface area contributed by atoms with E-state index in [1.807, 2.05) is 13.0 Å². The fourth-order valence-corrected chi connectivity index (χ4v) is 2.14. The fraction of sp³-hybridized carbons (Fsp3) is 0.500. The number of aryl methyl sites for hydroxylation is 1. The van der Waals surface area contributed by atoms with Crippen molar-refractivity contribution in [1.29, 1.82) is 0 Å². The number of benzene rings is 1. The van der Waals surface area contributed by atoms with Gasteiger partial charge in [0.1, 0.15) is 16.5 Å². The molecule has 96 valence electrons. The van der Waals surface area contributed by atoms with Gasteiger partial charge in [-0.05, 0) is 18.1 Å². The number of rotatable bonds is 5. The standard InChI is InChI=1S/C12H18ClNO3/c1-4-7-5-8(9(14)6-15)12(17-3)10(13)11(7)16-2/h5,9,15H,4,6,14H2,1-3H3. The maximum atomic E-state index is 9.13. The van der Waals surface area contributed by atoms with Crippen molar-refractivity contribution in [2.45, 2.75) is 19.4 Å². The Kier molecular flexibility index (Phi) is 5.05. The maximum Gasteiger partial charge on any atom is 0.146 e. The molecule has 0 spiro atoms. The second kappa shape index (κ2) is 6.10. The molecule has 0 bridgehead atoms. The summed E-state index contributed by atoms with van der Waals surface area (Å²) in [4.78, 5) is 0. The van der Waals surface area contributed by atoms with Crippen LogP contribution in [0.25, 0.3) is 0 Å². The van der Waals surface area contributed by atoms with Crippen LogP contribution in [0.2, 0.25) is 5.02 Å². The summed E-state index contributed by atoms with van der Waals surface area (Å²) in [5.41, 5.74) is 7.46. The Hall–Kier alpha value is -0.970. The van der Waals surface area contributed by atoms with Crippen molar-refractivity contribution in [2.75, 3.05) is 20.8 Å². The third kappa shape index (κ3) is 2.65. The quantitative estimate of drug-likeness (QED) is 0.848. The first-order valence-corrected chi connectivity index (χ1v) is 5.78. The van der Waals surface area contributed by atoms with Gasteiger partial charge in [-0.25, -0.2) is 0 Å². The molecule has 0 fully saturated rings. The zero-order valence-electron chi connectivity index (χ0n) is 10.3. The smallest absolute Gasteiger partial charge is 0.146 e. The molecule has 0 aliphatic rings. The number of methoxy groups -OCH3 is 2. The van der Waals surface area contributed by atoms with Crippen molar-refractivity contribution in [3.05, 3.63) is 22.2 Å². The summed E-state index contributed by atoms with van der Waals surface area (Å²) in [7, 11) is 3.07. The van der Waals surface area contributed by atoms with Gasteiger partial charge >= 0.3 is 0 Å². The van der Waals surface area contributed by atoms with E-state index in [-0.39, 0.29) is 6.61 Å². The topological polar surface area (TPSA) is 64.7 Å². The Balaban J connectivity index is 3.45. The minimum absolute atomic E-state index is 0.165. The first-order chi connectivity index (χ1) is 8.10. The van der Waals surface area contributed by atoms with E-state index in [4.69, 9.17) is 31.9 Å². The molecule has 1 unspecified atom stereocenters. The number of hydrogen-bond donors (Lipinski definition) is 2. The van der Waals surface area contributed by atoms with Crippen molar-refractivity contribution in [3.63, 3.8) is 0 Å². The molecule has 1 aromatic rings. The van der Waals surface area contributed by atoms with Gasteiger partial charge in [0.25, 0.3) is 0 Å².